The van der Waals surface area contributed by atoms with Gasteiger partial charge in [-0.3, -0.25) is 0 Å². The number of anilines is 1. The minimum atomic E-state index is -0.819. The highest BCUT2D eigenvalue weighted by Crippen LogP contribution is 2.23. The summed E-state index contributed by atoms with van der Waals surface area (Å²) in [6.07, 6.45) is 4.13. The number of carbonyl (C=O) groups is 1. The molecule has 98 valence electrons. The minimum absolute atomic E-state index is 0.438. The van der Waals surface area contributed by atoms with E-state index in [1.165, 1.54) is 0 Å². The molecule has 1 aromatic heterocycles. The summed E-state index contributed by atoms with van der Waals surface area (Å²) in [5.74, 6) is 0.102. The van der Waals surface area contributed by atoms with Crippen LogP contribution in [-0.2, 0) is 4.79 Å². The molecular formula is C12H17N3O3. The molecule has 6 nitrogen and oxygen atoms in total. The van der Waals surface area contributed by atoms with Gasteiger partial charge in [-0.05, 0) is 26.2 Å². The van der Waals surface area contributed by atoms with E-state index in [-0.39, 0.29) is 0 Å². The van der Waals surface area contributed by atoms with Gasteiger partial charge < -0.3 is 14.7 Å². The van der Waals surface area contributed by atoms with Gasteiger partial charge in [0.1, 0.15) is 6.04 Å². The maximum Gasteiger partial charge on any atom is 0.326 e. The molecule has 1 saturated heterocycles. The molecule has 0 radical (unpaired) electrons. The van der Waals surface area contributed by atoms with E-state index in [0.29, 0.717) is 31.4 Å². The lowest BCUT2D eigenvalue weighted by Gasteiger charge is -2.32. The maximum atomic E-state index is 11.2. The van der Waals surface area contributed by atoms with Crippen LogP contribution in [0.1, 0.15) is 26.2 Å². The van der Waals surface area contributed by atoms with Crippen LogP contribution < -0.4 is 9.64 Å². The van der Waals surface area contributed by atoms with Gasteiger partial charge in [-0.2, -0.15) is 4.98 Å². The number of rotatable bonds is 4. The Kier molecular flexibility index (Phi) is 3.96. The Morgan fingerprint density at radius 2 is 2.44 bits per heavy atom. The molecule has 0 aliphatic carbocycles. The molecule has 2 heterocycles. The molecule has 0 saturated carbocycles. The molecule has 1 N–H and O–H groups in total. The zero-order valence-corrected chi connectivity index (χ0v) is 10.4. The molecule has 0 amide bonds. The van der Waals surface area contributed by atoms with Crippen molar-refractivity contribution in [2.24, 2.45) is 0 Å². The van der Waals surface area contributed by atoms with Gasteiger partial charge in [0.25, 0.3) is 0 Å². The first-order chi connectivity index (χ1) is 8.72. The summed E-state index contributed by atoms with van der Waals surface area (Å²) in [6, 6.07) is 1.14. The highest BCUT2D eigenvalue weighted by Gasteiger charge is 2.30. The Morgan fingerprint density at radius 1 is 1.61 bits per heavy atom. The predicted octanol–water partition coefficient (Wildman–Crippen LogP) is 1.32. The molecule has 0 aromatic carbocycles. The number of carboxylic acid groups (broad SMARTS) is 1. The van der Waals surface area contributed by atoms with Gasteiger partial charge in [-0.25, -0.2) is 9.78 Å². The normalized spacial score (nSPS) is 19.6. The number of hydrogen-bond donors (Lipinski definition) is 1. The lowest BCUT2D eigenvalue weighted by atomic mass is 10.0. The summed E-state index contributed by atoms with van der Waals surface area (Å²) < 4.78 is 5.31. The summed E-state index contributed by atoms with van der Waals surface area (Å²) in [4.78, 5) is 21.4. The van der Waals surface area contributed by atoms with Gasteiger partial charge in [0.2, 0.25) is 11.8 Å². The lowest BCUT2D eigenvalue weighted by molar-refractivity contribution is -0.139. The third-order valence-corrected chi connectivity index (χ3v) is 2.95. The fourth-order valence-corrected chi connectivity index (χ4v) is 2.13. The smallest absolute Gasteiger partial charge is 0.326 e. The van der Waals surface area contributed by atoms with E-state index in [9.17, 15) is 9.90 Å². The largest absolute Gasteiger partial charge is 0.480 e. The van der Waals surface area contributed by atoms with Gasteiger partial charge in [0.15, 0.2) is 0 Å². The maximum absolute atomic E-state index is 11.2. The van der Waals surface area contributed by atoms with Crippen LogP contribution in [-0.4, -0.2) is 40.2 Å². The molecule has 1 fully saturated rings. The van der Waals surface area contributed by atoms with Gasteiger partial charge in [-0.1, -0.05) is 0 Å². The quantitative estimate of drug-likeness (QED) is 0.869. The molecule has 6 heteroatoms. The van der Waals surface area contributed by atoms with Crippen molar-refractivity contribution in [3.05, 3.63) is 12.3 Å². The second-order valence-corrected chi connectivity index (χ2v) is 4.17. The Hall–Kier alpha value is -1.85. The van der Waals surface area contributed by atoms with Gasteiger partial charge >= 0.3 is 5.97 Å². The molecular weight excluding hydrogens is 234 g/mol. The topological polar surface area (TPSA) is 75.5 Å². The standard InChI is InChI=1S/C12H17N3O3/c1-2-18-10-6-7-13-12(14-10)15-8-4-3-5-9(15)11(16)17/h6-7,9H,2-5,8H2,1H3,(H,16,17). The number of hydrogen-bond acceptors (Lipinski definition) is 5. The van der Waals surface area contributed by atoms with Crippen LogP contribution in [0.3, 0.4) is 0 Å². The fraction of sp³-hybridized carbons (Fsp3) is 0.583. The highest BCUT2D eigenvalue weighted by molar-refractivity contribution is 5.77. The Morgan fingerprint density at radius 3 is 3.17 bits per heavy atom. The minimum Gasteiger partial charge on any atom is -0.480 e. The molecule has 1 unspecified atom stereocenters. The fourth-order valence-electron chi connectivity index (χ4n) is 2.13. The number of piperidine rings is 1. The van der Waals surface area contributed by atoms with Crippen LogP contribution in [0.25, 0.3) is 0 Å². The molecule has 2 rings (SSSR count). The monoisotopic (exact) mass is 251 g/mol. The van der Waals surface area contributed by atoms with Crippen molar-refractivity contribution in [1.82, 2.24) is 9.97 Å². The van der Waals surface area contributed by atoms with Crippen LogP contribution in [0.5, 0.6) is 5.88 Å². The number of nitrogens with zero attached hydrogens (tertiary/aromatic N) is 3. The van der Waals surface area contributed by atoms with E-state index in [1.54, 1.807) is 17.2 Å². The lowest BCUT2D eigenvalue weighted by Crippen LogP contribution is -2.45. The first-order valence-electron chi connectivity index (χ1n) is 6.17. The van der Waals surface area contributed by atoms with E-state index in [0.717, 1.165) is 12.8 Å². The van der Waals surface area contributed by atoms with E-state index < -0.39 is 12.0 Å². The average Bonchev–Trinajstić information content (AvgIpc) is 2.39. The molecule has 1 atom stereocenters. The zero-order valence-electron chi connectivity index (χ0n) is 10.4. The third kappa shape index (κ3) is 2.69. The molecule has 0 spiro atoms. The summed E-state index contributed by atoms with van der Waals surface area (Å²) in [7, 11) is 0. The number of carboxylic acids is 1. The number of ether oxygens (including phenoxy) is 1. The van der Waals surface area contributed by atoms with Crippen LogP contribution >= 0.6 is 0 Å². The molecule has 0 bridgehead atoms. The van der Waals surface area contributed by atoms with Gasteiger partial charge in [0.05, 0.1) is 6.61 Å². The van der Waals surface area contributed by atoms with E-state index in [2.05, 4.69) is 9.97 Å². The SMILES string of the molecule is CCOc1ccnc(N2CCCCC2C(=O)O)n1. The van der Waals surface area contributed by atoms with Crippen molar-refractivity contribution in [1.29, 1.82) is 0 Å². The second kappa shape index (κ2) is 5.66. The predicted molar refractivity (Wildman–Crippen MR) is 65.8 cm³/mol. The Labute approximate surface area is 106 Å². The van der Waals surface area contributed by atoms with Crippen molar-refractivity contribution in [3.63, 3.8) is 0 Å². The summed E-state index contributed by atoms with van der Waals surface area (Å²) >= 11 is 0. The first-order valence-corrected chi connectivity index (χ1v) is 6.17. The number of aromatic nitrogens is 2. The van der Waals surface area contributed by atoms with Crippen molar-refractivity contribution in [2.45, 2.75) is 32.2 Å². The summed E-state index contributed by atoms with van der Waals surface area (Å²) in [6.45, 7) is 3.08. The van der Waals surface area contributed by atoms with E-state index >= 15 is 0 Å². The Balaban J connectivity index is 2.22. The zero-order chi connectivity index (χ0) is 13.0. The average molecular weight is 251 g/mol. The van der Waals surface area contributed by atoms with Crippen LogP contribution in [0.2, 0.25) is 0 Å². The van der Waals surface area contributed by atoms with Crippen LogP contribution in [0.4, 0.5) is 5.95 Å². The molecule has 1 aliphatic rings. The van der Waals surface area contributed by atoms with E-state index in [4.69, 9.17) is 4.74 Å². The van der Waals surface area contributed by atoms with Crippen molar-refractivity contribution in [2.75, 3.05) is 18.1 Å². The van der Waals surface area contributed by atoms with Crippen LogP contribution in [0, 0.1) is 0 Å². The Bertz CT molecular complexity index is 425. The second-order valence-electron chi connectivity index (χ2n) is 4.17. The number of aliphatic carboxylic acids is 1. The van der Waals surface area contributed by atoms with Crippen molar-refractivity contribution < 1.29 is 14.6 Å². The van der Waals surface area contributed by atoms with Crippen molar-refractivity contribution >= 4 is 11.9 Å². The summed E-state index contributed by atoms with van der Waals surface area (Å²) in [5, 5.41) is 9.21. The molecule has 1 aromatic rings. The van der Waals surface area contributed by atoms with E-state index in [1.807, 2.05) is 6.92 Å². The molecule has 1 aliphatic heterocycles. The first kappa shape index (κ1) is 12.6. The molecule has 18 heavy (non-hydrogen) atoms. The van der Waals surface area contributed by atoms with Gasteiger partial charge in [-0.15, -0.1) is 0 Å². The van der Waals surface area contributed by atoms with Crippen molar-refractivity contribution in [3.8, 4) is 5.88 Å². The van der Waals surface area contributed by atoms with Gasteiger partial charge in [0, 0.05) is 18.8 Å². The van der Waals surface area contributed by atoms with Crippen LogP contribution in [0.15, 0.2) is 12.3 Å². The highest BCUT2D eigenvalue weighted by atomic mass is 16.5. The third-order valence-electron chi connectivity index (χ3n) is 2.95. The summed E-state index contributed by atoms with van der Waals surface area (Å²) in [5.41, 5.74) is 0.